The Kier molecular flexibility index (Phi) is 4.94. The second kappa shape index (κ2) is 6.50. The molecule has 20 heavy (non-hydrogen) atoms. The van der Waals surface area contributed by atoms with Crippen LogP contribution in [0.3, 0.4) is 0 Å². The summed E-state index contributed by atoms with van der Waals surface area (Å²) in [6.45, 7) is 7.89. The van der Waals surface area contributed by atoms with Crippen LogP contribution in [0.25, 0.3) is 0 Å². The number of thioether (sulfide) groups is 1. The molecular formula is C15H23N3OS. The molecule has 2 atom stereocenters. The Hall–Kier alpha value is -1.20. The number of nitrogens with zero attached hydrogens (tertiary/aromatic N) is 1. The van der Waals surface area contributed by atoms with Gasteiger partial charge in [-0.25, -0.2) is 0 Å². The molecule has 1 saturated heterocycles. The molecule has 4 nitrogen and oxygen atoms in total. The van der Waals surface area contributed by atoms with Crippen molar-refractivity contribution in [3.8, 4) is 0 Å². The lowest BCUT2D eigenvalue weighted by Crippen LogP contribution is -2.48. The van der Waals surface area contributed by atoms with E-state index in [1.165, 1.54) is 0 Å². The molecule has 0 spiro atoms. The van der Waals surface area contributed by atoms with Gasteiger partial charge in [0.25, 0.3) is 0 Å². The van der Waals surface area contributed by atoms with Crippen LogP contribution < -0.4 is 10.6 Å². The average Bonchev–Trinajstić information content (AvgIpc) is 2.41. The van der Waals surface area contributed by atoms with E-state index in [-0.39, 0.29) is 11.9 Å². The fourth-order valence-electron chi connectivity index (χ4n) is 2.54. The molecule has 0 aromatic heterocycles. The highest BCUT2D eigenvalue weighted by molar-refractivity contribution is 7.99. The number of rotatable bonds is 4. The molecule has 0 saturated carbocycles. The number of nitrogens with one attached hydrogen (secondary N) is 1. The zero-order chi connectivity index (χ0) is 14.7. The van der Waals surface area contributed by atoms with Gasteiger partial charge in [-0.15, -0.1) is 11.8 Å². The molecule has 0 amide bonds. The van der Waals surface area contributed by atoms with Gasteiger partial charge in [0.2, 0.25) is 0 Å². The quantitative estimate of drug-likeness (QED) is 0.509. The summed E-state index contributed by atoms with van der Waals surface area (Å²) in [7, 11) is 0. The third kappa shape index (κ3) is 3.10. The van der Waals surface area contributed by atoms with Gasteiger partial charge in [-0.1, -0.05) is 13.0 Å². The van der Waals surface area contributed by atoms with Crippen LogP contribution in [0.15, 0.2) is 23.1 Å². The van der Waals surface area contributed by atoms with Gasteiger partial charge in [-0.3, -0.25) is 5.41 Å². The van der Waals surface area contributed by atoms with Crippen LogP contribution in [0.2, 0.25) is 0 Å². The van der Waals surface area contributed by atoms with E-state index in [0.29, 0.717) is 12.6 Å². The predicted octanol–water partition coefficient (Wildman–Crippen LogP) is 2.70. The second-order valence-corrected chi connectivity index (χ2v) is 6.45. The smallest absolute Gasteiger partial charge is 0.126 e. The highest BCUT2D eigenvalue weighted by Gasteiger charge is 2.26. The van der Waals surface area contributed by atoms with Gasteiger partial charge in [0.15, 0.2) is 0 Å². The fourth-order valence-corrected chi connectivity index (χ4v) is 3.39. The maximum absolute atomic E-state index is 7.94. The summed E-state index contributed by atoms with van der Waals surface area (Å²) < 4.78 is 5.69. The van der Waals surface area contributed by atoms with Crippen molar-refractivity contribution in [2.75, 3.05) is 23.8 Å². The number of ether oxygens (including phenoxy) is 1. The van der Waals surface area contributed by atoms with Crippen LogP contribution >= 0.6 is 11.8 Å². The number of hydrogen-bond acceptors (Lipinski definition) is 4. The monoisotopic (exact) mass is 293 g/mol. The third-order valence-corrected chi connectivity index (χ3v) is 4.43. The van der Waals surface area contributed by atoms with Crippen molar-refractivity contribution in [2.24, 2.45) is 5.73 Å². The number of nitrogen functional groups attached to an aromatic ring is 1. The summed E-state index contributed by atoms with van der Waals surface area (Å²) in [5.74, 6) is 1.11. The number of anilines is 1. The molecule has 1 fully saturated rings. The number of benzene rings is 1. The molecule has 1 heterocycles. The summed E-state index contributed by atoms with van der Waals surface area (Å²) in [6.07, 6.45) is 0.202. The van der Waals surface area contributed by atoms with E-state index in [0.717, 1.165) is 28.4 Å². The largest absolute Gasteiger partial charge is 0.384 e. The van der Waals surface area contributed by atoms with Gasteiger partial charge >= 0.3 is 0 Å². The van der Waals surface area contributed by atoms with E-state index < -0.39 is 0 Å². The van der Waals surface area contributed by atoms with E-state index in [1.54, 1.807) is 11.8 Å². The van der Waals surface area contributed by atoms with Gasteiger partial charge in [0, 0.05) is 23.2 Å². The number of nitrogens with two attached hydrogens (primary N) is 1. The van der Waals surface area contributed by atoms with Crippen molar-refractivity contribution in [1.82, 2.24) is 0 Å². The lowest BCUT2D eigenvalue weighted by Gasteiger charge is -2.39. The highest BCUT2D eigenvalue weighted by atomic mass is 32.2. The van der Waals surface area contributed by atoms with Crippen molar-refractivity contribution in [3.63, 3.8) is 0 Å². The van der Waals surface area contributed by atoms with Gasteiger partial charge < -0.3 is 15.4 Å². The maximum atomic E-state index is 7.94. The molecular weight excluding hydrogens is 270 g/mol. The molecule has 110 valence electrons. The zero-order valence-electron chi connectivity index (χ0n) is 12.3. The summed E-state index contributed by atoms with van der Waals surface area (Å²) in [4.78, 5) is 3.40. The molecule has 2 rings (SSSR count). The molecule has 1 aliphatic heterocycles. The fraction of sp³-hybridized carbons (Fsp3) is 0.533. The lowest BCUT2D eigenvalue weighted by molar-refractivity contribution is 0.0343. The molecule has 5 heteroatoms. The van der Waals surface area contributed by atoms with Crippen LogP contribution in [0.5, 0.6) is 0 Å². The first kappa shape index (κ1) is 15.2. The first-order valence-electron chi connectivity index (χ1n) is 7.03. The van der Waals surface area contributed by atoms with Crippen LogP contribution in [-0.4, -0.2) is 36.9 Å². The van der Waals surface area contributed by atoms with Gasteiger partial charge in [-0.05, 0) is 31.7 Å². The Morgan fingerprint density at radius 3 is 2.90 bits per heavy atom. The summed E-state index contributed by atoms with van der Waals surface area (Å²) >= 11 is 1.73. The van der Waals surface area contributed by atoms with E-state index in [9.17, 15) is 0 Å². The first-order valence-corrected chi connectivity index (χ1v) is 8.01. The number of amidine groups is 1. The molecule has 1 aliphatic rings. The standard InChI is InChI=1S/C15H23N3OS/c1-4-20-13-7-5-6-12(14(13)15(16)17)18-8-11(3)19-9-10(18)2/h5-7,10-11H,4,8-9H2,1-3H3,(H3,16,17). The van der Waals surface area contributed by atoms with Crippen molar-refractivity contribution in [1.29, 1.82) is 5.41 Å². The van der Waals surface area contributed by atoms with Crippen LogP contribution in [0, 0.1) is 5.41 Å². The molecule has 0 bridgehead atoms. The normalized spacial score (nSPS) is 22.9. The molecule has 3 N–H and O–H groups in total. The summed E-state index contributed by atoms with van der Waals surface area (Å²) in [6, 6.07) is 6.45. The van der Waals surface area contributed by atoms with Gasteiger partial charge in [-0.2, -0.15) is 0 Å². The number of hydrogen-bond donors (Lipinski definition) is 2. The summed E-state index contributed by atoms with van der Waals surface area (Å²) in [5, 5.41) is 7.94. The SMILES string of the molecule is CCSc1cccc(N2CC(C)OCC2C)c1C(=N)N. The molecule has 1 aromatic rings. The van der Waals surface area contributed by atoms with Crippen LogP contribution in [-0.2, 0) is 4.74 Å². The molecule has 1 aromatic carbocycles. The van der Waals surface area contributed by atoms with Crippen molar-refractivity contribution in [2.45, 2.75) is 37.8 Å². The van der Waals surface area contributed by atoms with Gasteiger partial charge in [0.1, 0.15) is 5.84 Å². The minimum Gasteiger partial charge on any atom is -0.384 e. The molecule has 0 radical (unpaired) electrons. The summed E-state index contributed by atoms with van der Waals surface area (Å²) in [5.41, 5.74) is 7.76. The molecule has 0 aliphatic carbocycles. The topological polar surface area (TPSA) is 62.3 Å². The Morgan fingerprint density at radius 1 is 1.50 bits per heavy atom. The Bertz CT molecular complexity index is 492. The van der Waals surface area contributed by atoms with Crippen LogP contribution in [0.1, 0.15) is 26.3 Å². The maximum Gasteiger partial charge on any atom is 0.126 e. The molecule has 2 unspecified atom stereocenters. The van der Waals surface area contributed by atoms with E-state index in [2.05, 4.69) is 31.7 Å². The van der Waals surface area contributed by atoms with Crippen molar-refractivity contribution >= 4 is 23.3 Å². The van der Waals surface area contributed by atoms with Crippen LogP contribution in [0.4, 0.5) is 5.69 Å². The lowest BCUT2D eigenvalue weighted by atomic mass is 10.1. The highest BCUT2D eigenvalue weighted by Crippen LogP contribution is 2.32. The predicted molar refractivity (Wildman–Crippen MR) is 86.1 cm³/mol. The Balaban J connectivity index is 2.44. The van der Waals surface area contributed by atoms with Crippen molar-refractivity contribution < 1.29 is 4.74 Å². The van der Waals surface area contributed by atoms with E-state index in [1.807, 2.05) is 12.1 Å². The third-order valence-electron chi connectivity index (χ3n) is 3.49. The van der Waals surface area contributed by atoms with Crippen molar-refractivity contribution in [3.05, 3.63) is 23.8 Å². The minimum atomic E-state index is 0.142. The zero-order valence-corrected chi connectivity index (χ0v) is 13.2. The minimum absolute atomic E-state index is 0.142. The van der Waals surface area contributed by atoms with E-state index >= 15 is 0 Å². The van der Waals surface area contributed by atoms with E-state index in [4.69, 9.17) is 15.9 Å². The average molecular weight is 293 g/mol. The second-order valence-electron chi connectivity index (χ2n) is 5.14. The Labute approximate surface area is 125 Å². The number of morpholine rings is 1. The first-order chi connectivity index (χ1) is 9.54. The van der Waals surface area contributed by atoms with Gasteiger partial charge in [0.05, 0.1) is 18.3 Å². The Morgan fingerprint density at radius 2 is 2.25 bits per heavy atom.